The van der Waals surface area contributed by atoms with Gasteiger partial charge in [0.15, 0.2) is 6.61 Å². The van der Waals surface area contributed by atoms with Gasteiger partial charge in [-0.2, -0.15) is 4.31 Å². The molecule has 2 N–H and O–H groups in total. The lowest BCUT2D eigenvalue weighted by atomic mass is 10.1. The van der Waals surface area contributed by atoms with Crippen LogP contribution in [0.2, 0.25) is 0 Å². The maximum Gasteiger partial charge on any atom is 0.321 e. The second-order valence-electron chi connectivity index (χ2n) is 5.52. The number of hydrogen-bond acceptors (Lipinski definition) is 6. The third-order valence-corrected chi connectivity index (χ3v) is 5.79. The molecule has 0 aliphatic carbocycles. The minimum atomic E-state index is -3.52. The van der Waals surface area contributed by atoms with Gasteiger partial charge in [-0.1, -0.05) is 26.0 Å². The molecule has 1 aromatic carbocycles. The molecule has 27 heavy (non-hydrogen) atoms. The van der Waals surface area contributed by atoms with E-state index in [0.717, 1.165) is 5.56 Å². The number of sulfonamides is 1. The van der Waals surface area contributed by atoms with Crippen LogP contribution in [-0.4, -0.2) is 57.4 Å². The van der Waals surface area contributed by atoms with Gasteiger partial charge in [-0.3, -0.25) is 14.9 Å². The zero-order chi connectivity index (χ0) is 20.4. The van der Waals surface area contributed by atoms with Gasteiger partial charge in [0.2, 0.25) is 10.0 Å². The fraction of sp³-hybridized carbons (Fsp3) is 0.471. The van der Waals surface area contributed by atoms with Gasteiger partial charge >= 0.3 is 12.0 Å². The summed E-state index contributed by atoms with van der Waals surface area (Å²) in [7, 11) is -2.16. The highest BCUT2D eigenvalue weighted by Gasteiger charge is 2.21. The quantitative estimate of drug-likeness (QED) is 0.588. The molecule has 10 heteroatoms. The van der Waals surface area contributed by atoms with Crippen molar-refractivity contribution in [3.63, 3.8) is 0 Å². The maximum absolute atomic E-state index is 12.4. The Morgan fingerprint density at radius 3 is 2.19 bits per heavy atom. The molecular formula is C17H25N3O6S. The largest absolute Gasteiger partial charge is 0.456 e. The van der Waals surface area contributed by atoms with Crippen molar-refractivity contribution in [2.45, 2.75) is 31.6 Å². The van der Waals surface area contributed by atoms with Gasteiger partial charge in [0.1, 0.15) is 0 Å². The molecule has 3 amide bonds. The van der Waals surface area contributed by atoms with E-state index >= 15 is 0 Å². The van der Waals surface area contributed by atoms with Crippen molar-refractivity contribution in [3.05, 3.63) is 29.8 Å². The van der Waals surface area contributed by atoms with Crippen molar-refractivity contribution >= 4 is 27.9 Å². The van der Waals surface area contributed by atoms with E-state index in [-0.39, 0.29) is 11.3 Å². The lowest BCUT2D eigenvalue weighted by Gasteiger charge is -2.18. The lowest BCUT2D eigenvalue weighted by Crippen LogP contribution is -2.39. The smallest absolute Gasteiger partial charge is 0.321 e. The third kappa shape index (κ3) is 6.99. The fourth-order valence-electron chi connectivity index (χ4n) is 2.23. The van der Waals surface area contributed by atoms with E-state index in [1.807, 2.05) is 5.32 Å². The first kappa shape index (κ1) is 22.6. The number of carbonyl (C=O) groups excluding carboxylic acids is 3. The molecule has 0 aromatic heterocycles. The molecular weight excluding hydrogens is 374 g/mol. The van der Waals surface area contributed by atoms with Crippen LogP contribution < -0.4 is 10.6 Å². The highest BCUT2D eigenvalue weighted by molar-refractivity contribution is 7.89. The summed E-state index contributed by atoms with van der Waals surface area (Å²) in [6.07, 6.45) is 0.358. The van der Waals surface area contributed by atoms with Gasteiger partial charge < -0.3 is 10.1 Å². The first-order chi connectivity index (χ1) is 12.7. The number of esters is 1. The third-order valence-electron chi connectivity index (χ3n) is 3.73. The Kier molecular flexibility index (Phi) is 8.89. The Hall–Kier alpha value is -2.46. The summed E-state index contributed by atoms with van der Waals surface area (Å²) in [6.45, 7) is 3.78. The average Bonchev–Trinajstić information content (AvgIpc) is 2.65. The van der Waals surface area contributed by atoms with E-state index in [4.69, 9.17) is 4.74 Å². The molecule has 1 aromatic rings. The minimum absolute atomic E-state index is 0.0232. The molecule has 0 radical (unpaired) electrons. The van der Waals surface area contributed by atoms with E-state index in [2.05, 4.69) is 5.32 Å². The topological polar surface area (TPSA) is 122 Å². The van der Waals surface area contributed by atoms with Crippen LogP contribution in [0.4, 0.5) is 4.79 Å². The van der Waals surface area contributed by atoms with E-state index < -0.39 is 34.5 Å². The van der Waals surface area contributed by atoms with Crippen LogP contribution in [-0.2, 0) is 30.8 Å². The fourth-order valence-corrected chi connectivity index (χ4v) is 3.69. The monoisotopic (exact) mass is 399 g/mol. The lowest BCUT2D eigenvalue weighted by molar-refractivity contribution is -0.148. The first-order valence-corrected chi connectivity index (χ1v) is 9.94. The Balaban J connectivity index is 2.53. The van der Waals surface area contributed by atoms with Crippen molar-refractivity contribution in [2.24, 2.45) is 0 Å². The molecule has 0 fully saturated rings. The molecule has 0 saturated carbocycles. The van der Waals surface area contributed by atoms with Gasteiger partial charge in [0.25, 0.3) is 5.91 Å². The Morgan fingerprint density at radius 2 is 1.67 bits per heavy atom. The Labute approximate surface area is 159 Å². The first-order valence-electron chi connectivity index (χ1n) is 8.50. The van der Waals surface area contributed by atoms with E-state index in [1.54, 1.807) is 26.0 Å². The van der Waals surface area contributed by atoms with E-state index in [1.165, 1.54) is 23.5 Å². The zero-order valence-electron chi connectivity index (χ0n) is 15.6. The van der Waals surface area contributed by atoms with E-state index in [9.17, 15) is 22.8 Å². The van der Waals surface area contributed by atoms with Crippen molar-refractivity contribution in [3.8, 4) is 0 Å². The normalized spacial score (nSPS) is 11.1. The summed E-state index contributed by atoms with van der Waals surface area (Å²) in [4.78, 5) is 34.1. The van der Waals surface area contributed by atoms with Crippen molar-refractivity contribution in [1.82, 2.24) is 14.9 Å². The van der Waals surface area contributed by atoms with Crippen LogP contribution in [0, 0.1) is 0 Å². The molecule has 0 aliphatic rings. The second-order valence-corrected chi connectivity index (χ2v) is 7.46. The molecule has 0 bridgehead atoms. The minimum Gasteiger partial charge on any atom is -0.456 e. The molecule has 9 nitrogen and oxygen atoms in total. The van der Waals surface area contributed by atoms with Gasteiger partial charge in [0.05, 0.1) is 4.90 Å². The van der Waals surface area contributed by atoms with Gasteiger partial charge in [0, 0.05) is 26.6 Å². The molecule has 0 aliphatic heterocycles. The van der Waals surface area contributed by atoms with E-state index in [0.29, 0.717) is 19.5 Å². The Morgan fingerprint density at radius 1 is 1.07 bits per heavy atom. The second kappa shape index (κ2) is 10.6. The average molecular weight is 399 g/mol. The maximum atomic E-state index is 12.4. The molecule has 0 spiro atoms. The van der Waals surface area contributed by atoms with Crippen molar-refractivity contribution in [2.75, 3.05) is 26.7 Å². The number of amides is 3. The van der Waals surface area contributed by atoms with Crippen LogP contribution >= 0.6 is 0 Å². The standard InChI is InChI=1S/C17H25N3O6S/c1-4-20(5-2)27(24,25)14-9-6-13(7-10-14)8-11-16(22)26-12-15(21)19-17(23)18-3/h6-7,9-10H,4-5,8,11-12H2,1-3H3,(H2,18,19,21,23). The molecule has 0 unspecified atom stereocenters. The zero-order valence-corrected chi connectivity index (χ0v) is 16.5. The van der Waals surface area contributed by atoms with Crippen LogP contribution in [0.25, 0.3) is 0 Å². The number of benzene rings is 1. The van der Waals surface area contributed by atoms with Gasteiger partial charge in [-0.15, -0.1) is 0 Å². The molecule has 1 rings (SSSR count). The van der Waals surface area contributed by atoms with Crippen molar-refractivity contribution in [1.29, 1.82) is 0 Å². The molecule has 0 heterocycles. The number of rotatable bonds is 9. The number of hydrogen-bond donors (Lipinski definition) is 2. The number of nitrogens with zero attached hydrogens (tertiary/aromatic N) is 1. The van der Waals surface area contributed by atoms with Crippen LogP contribution in [0.15, 0.2) is 29.2 Å². The predicted molar refractivity (Wildman–Crippen MR) is 98.4 cm³/mol. The summed E-state index contributed by atoms with van der Waals surface area (Å²) in [5, 5.41) is 4.17. The highest BCUT2D eigenvalue weighted by Crippen LogP contribution is 2.17. The van der Waals surface area contributed by atoms with Crippen LogP contribution in [0.5, 0.6) is 0 Å². The number of nitrogens with one attached hydrogen (secondary N) is 2. The summed E-state index contributed by atoms with van der Waals surface area (Å²) in [6, 6.07) is 5.61. The number of imide groups is 1. The number of ether oxygens (including phenoxy) is 1. The summed E-state index contributed by atoms with van der Waals surface area (Å²) in [5.41, 5.74) is 0.764. The molecule has 0 saturated heterocycles. The molecule has 150 valence electrons. The van der Waals surface area contributed by atoms with Crippen LogP contribution in [0.1, 0.15) is 25.8 Å². The summed E-state index contributed by atoms with van der Waals surface area (Å²) < 4.78 is 30.9. The highest BCUT2D eigenvalue weighted by atomic mass is 32.2. The number of urea groups is 1. The van der Waals surface area contributed by atoms with Gasteiger partial charge in [-0.05, 0) is 24.1 Å². The van der Waals surface area contributed by atoms with Gasteiger partial charge in [-0.25, -0.2) is 13.2 Å². The van der Waals surface area contributed by atoms with Crippen molar-refractivity contribution < 1.29 is 27.5 Å². The summed E-state index contributed by atoms with van der Waals surface area (Å²) in [5.74, 6) is -1.32. The number of aryl methyl sites for hydroxylation is 1. The van der Waals surface area contributed by atoms with Crippen LogP contribution in [0.3, 0.4) is 0 Å². The Bertz CT molecular complexity index is 757. The summed E-state index contributed by atoms with van der Waals surface area (Å²) >= 11 is 0. The molecule has 0 atom stereocenters. The number of carbonyl (C=O) groups is 3. The SMILES string of the molecule is CCN(CC)S(=O)(=O)c1ccc(CCC(=O)OCC(=O)NC(=O)NC)cc1. The predicted octanol–water partition coefficient (Wildman–Crippen LogP) is 0.649.